The smallest absolute Gasteiger partial charge is 0.281 e. The molecule has 1 saturated heterocycles. The minimum atomic E-state index is -3.42. The Labute approximate surface area is 122 Å². The molecule has 7 heteroatoms. The van der Waals surface area contributed by atoms with E-state index in [4.69, 9.17) is 0 Å². The summed E-state index contributed by atoms with van der Waals surface area (Å²) in [4.78, 5) is 12.2. The lowest BCUT2D eigenvalue weighted by Gasteiger charge is -2.33. The van der Waals surface area contributed by atoms with Crippen molar-refractivity contribution < 1.29 is 13.2 Å². The molecule has 2 unspecified atom stereocenters. The van der Waals surface area contributed by atoms with Gasteiger partial charge in [0.15, 0.2) is 0 Å². The molecule has 1 amide bonds. The van der Waals surface area contributed by atoms with E-state index in [0.29, 0.717) is 12.5 Å². The molecule has 0 aromatic rings. The third kappa shape index (κ3) is 4.17. The number of rotatable bonds is 5. The van der Waals surface area contributed by atoms with Crippen LogP contribution in [0.4, 0.5) is 0 Å². The van der Waals surface area contributed by atoms with Crippen molar-refractivity contribution in [1.82, 2.24) is 13.9 Å². The fourth-order valence-corrected chi connectivity index (χ4v) is 3.30. The SMILES string of the molecule is CC(C)C(C)NC(=O)C1CCCN(S(=O)(=O)N(C)C)C1. The van der Waals surface area contributed by atoms with Crippen molar-refractivity contribution in [2.75, 3.05) is 27.2 Å². The molecule has 6 nitrogen and oxygen atoms in total. The molecule has 20 heavy (non-hydrogen) atoms. The molecule has 0 bridgehead atoms. The van der Waals surface area contributed by atoms with E-state index < -0.39 is 10.2 Å². The van der Waals surface area contributed by atoms with Gasteiger partial charge in [-0.1, -0.05) is 13.8 Å². The zero-order chi connectivity index (χ0) is 15.5. The number of nitrogens with zero attached hydrogens (tertiary/aromatic N) is 2. The van der Waals surface area contributed by atoms with Crippen molar-refractivity contribution in [3.63, 3.8) is 0 Å². The molecule has 118 valence electrons. The van der Waals surface area contributed by atoms with Crippen LogP contribution in [0, 0.1) is 11.8 Å². The predicted molar refractivity (Wildman–Crippen MR) is 79.3 cm³/mol. The molecule has 0 aromatic carbocycles. The number of nitrogens with one attached hydrogen (secondary N) is 1. The predicted octanol–water partition coefficient (Wildman–Crippen LogP) is 0.666. The average Bonchev–Trinajstić information content (AvgIpc) is 2.38. The fourth-order valence-electron chi connectivity index (χ4n) is 2.11. The van der Waals surface area contributed by atoms with Gasteiger partial charge >= 0.3 is 0 Å². The molecule has 0 radical (unpaired) electrons. The zero-order valence-corrected chi connectivity index (χ0v) is 13.9. The van der Waals surface area contributed by atoms with Gasteiger partial charge in [-0.2, -0.15) is 17.0 Å². The maximum Gasteiger partial charge on any atom is 0.281 e. The van der Waals surface area contributed by atoms with E-state index in [1.807, 2.05) is 6.92 Å². The maximum absolute atomic E-state index is 12.2. The quantitative estimate of drug-likeness (QED) is 0.811. The monoisotopic (exact) mass is 305 g/mol. The normalized spacial score (nSPS) is 23.1. The van der Waals surface area contributed by atoms with Crippen LogP contribution in [0.3, 0.4) is 0 Å². The van der Waals surface area contributed by atoms with Gasteiger partial charge in [0, 0.05) is 33.2 Å². The molecule has 1 heterocycles. The summed E-state index contributed by atoms with van der Waals surface area (Å²) in [7, 11) is -0.397. The molecule has 1 rings (SSSR count). The molecular formula is C13H27N3O3S. The molecule has 1 N–H and O–H groups in total. The Morgan fingerprint density at radius 1 is 1.30 bits per heavy atom. The number of piperidine rings is 1. The summed E-state index contributed by atoms with van der Waals surface area (Å²) in [6, 6.07) is 0.100. The van der Waals surface area contributed by atoms with Crippen LogP contribution >= 0.6 is 0 Å². The largest absolute Gasteiger partial charge is 0.353 e. The highest BCUT2D eigenvalue weighted by Gasteiger charge is 2.33. The fraction of sp³-hybridized carbons (Fsp3) is 0.923. The van der Waals surface area contributed by atoms with E-state index in [9.17, 15) is 13.2 Å². The first-order valence-electron chi connectivity index (χ1n) is 7.14. The van der Waals surface area contributed by atoms with Gasteiger partial charge in [-0.3, -0.25) is 4.79 Å². The number of carbonyl (C=O) groups is 1. The van der Waals surface area contributed by atoms with Crippen molar-refractivity contribution in [3.8, 4) is 0 Å². The first-order chi connectivity index (χ1) is 9.16. The molecule has 1 fully saturated rings. The Kier molecular flexibility index (Phi) is 5.97. The summed E-state index contributed by atoms with van der Waals surface area (Å²) in [5.41, 5.74) is 0. The first-order valence-corrected chi connectivity index (χ1v) is 8.54. The van der Waals surface area contributed by atoms with Gasteiger partial charge in [0.05, 0.1) is 5.92 Å². The third-order valence-electron chi connectivity index (χ3n) is 3.91. The van der Waals surface area contributed by atoms with Crippen LogP contribution in [0.5, 0.6) is 0 Å². The lowest BCUT2D eigenvalue weighted by Crippen LogP contribution is -2.50. The Morgan fingerprint density at radius 2 is 1.90 bits per heavy atom. The minimum Gasteiger partial charge on any atom is -0.353 e. The van der Waals surface area contributed by atoms with Gasteiger partial charge in [0.1, 0.15) is 0 Å². The van der Waals surface area contributed by atoms with Crippen LogP contribution < -0.4 is 5.32 Å². The van der Waals surface area contributed by atoms with E-state index in [2.05, 4.69) is 19.2 Å². The summed E-state index contributed by atoms with van der Waals surface area (Å²) in [5.74, 6) is 0.0775. The highest BCUT2D eigenvalue weighted by molar-refractivity contribution is 7.86. The Hall–Kier alpha value is -0.660. The molecule has 1 aliphatic heterocycles. The average molecular weight is 305 g/mol. The highest BCUT2D eigenvalue weighted by Crippen LogP contribution is 2.20. The molecule has 2 atom stereocenters. The summed E-state index contributed by atoms with van der Waals surface area (Å²) in [6.07, 6.45) is 1.47. The van der Waals surface area contributed by atoms with E-state index in [0.717, 1.165) is 12.8 Å². The number of hydrogen-bond donors (Lipinski definition) is 1. The Balaban J connectivity index is 2.68. The topological polar surface area (TPSA) is 69.7 Å². The van der Waals surface area contributed by atoms with Gasteiger partial charge in [-0.25, -0.2) is 0 Å². The standard InChI is InChI=1S/C13H27N3O3S/c1-10(2)11(3)14-13(17)12-7-6-8-16(9-12)20(18,19)15(4)5/h10-12H,6-9H2,1-5H3,(H,14,17). The van der Waals surface area contributed by atoms with E-state index in [-0.39, 0.29) is 24.4 Å². The van der Waals surface area contributed by atoms with Crippen LogP contribution in [0.15, 0.2) is 0 Å². The van der Waals surface area contributed by atoms with E-state index in [1.165, 1.54) is 22.7 Å². The van der Waals surface area contributed by atoms with Crippen molar-refractivity contribution in [1.29, 1.82) is 0 Å². The van der Waals surface area contributed by atoms with E-state index in [1.54, 1.807) is 0 Å². The molecule has 1 aliphatic rings. The van der Waals surface area contributed by atoms with Crippen LogP contribution in [0.2, 0.25) is 0 Å². The van der Waals surface area contributed by atoms with Crippen LogP contribution in [0.25, 0.3) is 0 Å². The number of carbonyl (C=O) groups excluding carboxylic acids is 1. The van der Waals surface area contributed by atoms with Crippen molar-refractivity contribution in [2.24, 2.45) is 11.8 Å². The van der Waals surface area contributed by atoms with Crippen molar-refractivity contribution in [2.45, 2.75) is 39.7 Å². The van der Waals surface area contributed by atoms with Crippen molar-refractivity contribution in [3.05, 3.63) is 0 Å². The molecule has 0 saturated carbocycles. The van der Waals surface area contributed by atoms with Crippen molar-refractivity contribution >= 4 is 16.1 Å². The molecule has 0 aliphatic carbocycles. The summed E-state index contributed by atoms with van der Waals surface area (Å²) in [5, 5.41) is 2.98. The number of amides is 1. The van der Waals surface area contributed by atoms with Crippen LogP contribution in [0.1, 0.15) is 33.6 Å². The lowest BCUT2D eigenvalue weighted by atomic mass is 9.97. The summed E-state index contributed by atoms with van der Waals surface area (Å²) < 4.78 is 26.8. The van der Waals surface area contributed by atoms with Crippen LogP contribution in [-0.4, -0.2) is 56.2 Å². The summed E-state index contributed by atoms with van der Waals surface area (Å²) >= 11 is 0. The minimum absolute atomic E-state index is 0.0372. The van der Waals surface area contributed by atoms with Gasteiger partial charge < -0.3 is 5.32 Å². The summed E-state index contributed by atoms with van der Waals surface area (Å²) in [6.45, 7) is 6.84. The van der Waals surface area contributed by atoms with E-state index >= 15 is 0 Å². The zero-order valence-electron chi connectivity index (χ0n) is 13.1. The molecule has 0 aromatic heterocycles. The Morgan fingerprint density at radius 3 is 2.40 bits per heavy atom. The second kappa shape index (κ2) is 6.87. The highest BCUT2D eigenvalue weighted by atomic mass is 32.2. The Bertz CT molecular complexity index is 434. The molecular weight excluding hydrogens is 278 g/mol. The maximum atomic E-state index is 12.2. The lowest BCUT2D eigenvalue weighted by molar-refractivity contribution is -0.127. The van der Waals surface area contributed by atoms with Gasteiger partial charge in [0.2, 0.25) is 5.91 Å². The second-order valence-corrected chi connectivity index (χ2v) is 8.17. The van der Waals surface area contributed by atoms with Gasteiger partial charge in [-0.15, -0.1) is 0 Å². The third-order valence-corrected chi connectivity index (χ3v) is 5.82. The first kappa shape index (κ1) is 17.4. The van der Waals surface area contributed by atoms with Gasteiger partial charge in [0.25, 0.3) is 10.2 Å². The molecule has 0 spiro atoms. The number of hydrogen-bond acceptors (Lipinski definition) is 3. The van der Waals surface area contributed by atoms with Crippen LogP contribution in [-0.2, 0) is 15.0 Å². The second-order valence-electron chi connectivity index (χ2n) is 6.03. The van der Waals surface area contributed by atoms with Gasteiger partial charge in [-0.05, 0) is 25.7 Å².